The van der Waals surface area contributed by atoms with Crippen LogP contribution in [0.1, 0.15) is 31.1 Å². The highest BCUT2D eigenvalue weighted by Gasteiger charge is 2.06. The Bertz CT molecular complexity index is 490. The lowest BCUT2D eigenvalue weighted by molar-refractivity contribution is 0.531. The SMILES string of the molecule is CCn1nccc1CN[C@@H](C)c1ccc(Cl)cc1. The molecule has 0 unspecified atom stereocenters. The van der Waals surface area contributed by atoms with Crippen LogP contribution >= 0.6 is 11.6 Å². The molecule has 96 valence electrons. The molecular weight excluding hydrogens is 246 g/mol. The molecule has 3 nitrogen and oxygen atoms in total. The van der Waals surface area contributed by atoms with Gasteiger partial charge in [0.1, 0.15) is 0 Å². The second-order valence-electron chi connectivity index (χ2n) is 4.29. The number of rotatable bonds is 5. The summed E-state index contributed by atoms with van der Waals surface area (Å²) in [6, 6.07) is 10.3. The highest BCUT2D eigenvalue weighted by Crippen LogP contribution is 2.16. The zero-order valence-corrected chi connectivity index (χ0v) is 11.5. The topological polar surface area (TPSA) is 29.9 Å². The number of aromatic nitrogens is 2. The van der Waals surface area contributed by atoms with Crippen molar-refractivity contribution >= 4 is 11.6 Å². The molecule has 2 aromatic rings. The molecule has 0 saturated carbocycles. The van der Waals surface area contributed by atoms with E-state index in [-0.39, 0.29) is 0 Å². The Balaban J connectivity index is 1.96. The summed E-state index contributed by atoms with van der Waals surface area (Å²) in [4.78, 5) is 0. The summed E-state index contributed by atoms with van der Waals surface area (Å²) >= 11 is 5.88. The Hall–Kier alpha value is -1.32. The van der Waals surface area contributed by atoms with Crippen molar-refractivity contribution in [2.75, 3.05) is 0 Å². The Morgan fingerprint density at radius 1 is 1.28 bits per heavy atom. The predicted octanol–water partition coefficient (Wildman–Crippen LogP) is 3.41. The average Bonchev–Trinajstić information content (AvgIpc) is 2.84. The van der Waals surface area contributed by atoms with Crippen molar-refractivity contribution in [1.29, 1.82) is 0 Å². The third kappa shape index (κ3) is 3.12. The third-order valence-electron chi connectivity index (χ3n) is 3.06. The van der Waals surface area contributed by atoms with E-state index in [1.807, 2.05) is 29.1 Å². The molecule has 1 atom stereocenters. The minimum Gasteiger partial charge on any atom is -0.305 e. The van der Waals surface area contributed by atoms with Crippen LogP contribution in [0.25, 0.3) is 0 Å². The normalized spacial score (nSPS) is 12.6. The van der Waals surface area contributed by atoms with Gasteiger partial charge < -0.3 is 5.32 Å². The Kier molecular flexibility index (Phi) is 4.39. The average molecular weight is 264 g/mol. The van der Waals surface area contributed by atoms with Crippen molar-refractivity contribution in [2.24, 2.45) is 0 Å². The minimum absolute atomic E-state index is 0.294. The molecule has 2 rings (SSSR count). The first-order chi connectivity index (χ1) is 8.70. The maximum Gasteiger partial charge on any atom is 0.0522 e. The standard InChI is InChI=1S/C14H18ClN3/c1-3-18-14(8-9-17-18)10-16-11(2)12-4-6-13(15)7-5-12/h4-9,11,16H,3,10H2,1-2H3/t11-/m0/s1. The van der Waals surface area contributed by atoms with E-state index in [2.05, 4.69) is 36.4 Å². The summed E-state index contributed by atoms with van der Waals surface area (Å²) in [5, 5.41) is 8.52. The van der Waals surface area contributed by atoms with Crippen molar-refractivity contribution in [3.63, 3.8) is 0 Å². The van der Waals surface area contributed by atoms with Gasteiger partial charge in [0.15, 0.2) is 0 Å². The molecular formula is C14H18ClN3. The van der Waals surface area contributed by atoms with Crippen molar-refractivity contribution in [1.82, 2.24) is 15.1 Å². The molecule has 0 fully saturated rings. The fourth-order valence-corrected chi connectivity index (χ4v) is 2.05. The molecule has 0 bridgehead atoms. The van der Waals surface area contributed by atoms with Gasteiger partial charge in [-0.1, -0.05) is 23.7 Å². The fourth-order valence-electron chi connectivity index (χ4n) is 1.92. The van der Waals surface area contributed by atoms with Crippen LogP contribution in [0.4, 0.5) is 0 Å². The van der Waals surface area contributed by atoms with Gasteiger partial charge in [-0.25, -0.2) is 0 Å². The second kappa shape index (κ2) is 6.03. The Morgan fingerprint density at radius 2 is 2.00 bits per heavy atom. The number of hydrogen-bond donors (Lipinski definition) is 1. The molecule has 0 amide bonds. The zero-order chi connectivity index (χ0) is 13.0. The molecule has 0 spiro atoms. The van der Waals surface area contributed by atoms with Gasteiger partial charge in [-0.2, -0.15) is 5.10 Å². The van der Waals surface area contributed by atoms with Crippen molar-refractivity contribution in [2.45, 2.75) is 33.0 Å². The second-order valence-corrected chi connectivity index (χ2v) is 4.73. The largest absolute Gasteiger partial charge is 0.305 e. The van der Waals surface area contributed by atoms with Crippen molar-refractivity contribution in [3.05, 3.63) is 52.8 Å². The van der Waals surface area contributed by atoms with E-state index < -0.39 is 0 Å². The molecule has 1 N–H and O–H groups in total. The molecule has 18 heavy (non-hydrogen) atoms. The van der Waals surface area contributed by atoms with Crippen LogP contribution < -0.4 is 5.32 Å². The molecule has 0 aliphatic carbocycles. The van der Waals surface area contributed by atoms with Crippen molar-refractivity contribution in [3.8, 4) is 0 Å². The van der Waals surface area contributed by atoms with Gasteiger partial charge in [-0.15, -0.1) is 0 Å². The number of halogens is 1. The molecule has 0 radical (unpaired) electrons. The fraction of sp³-hybridized carbons (Fsp3) is 0.357. The van der Waals surface area contributed by atoms with Crippen LogP contribution in [-0.4, -0.2) is 9.78 Å². The van der Waals surface area contributed by atoms with E-state index in [4.69, 9.17) is 11.6 Å². The summed E-state index contributed by atoms with van der Waals surface area (Å²) < 4.78 is 2.00. The zero-order valence-electron chi connectivity index (χ0n) is 10.7. The highest BCUT2D eigenvalue weighted by molar-refractivity contribution is 6.30. The Morgan fingerprint density at radius 3 is 2.67 bits per heavy atom. The van der Waals surface area contributed by atoms with E-state index in [1.165, 1.54) is 11.3 Å². The maximum atomic E-state index is 5.88. The summed E-state index contributed by atoms with van der Waals surface area (Å²) in [5.74, 6) is 0. The number of nitrogens with one attached hydrogen (secondary N) is 1. The van der Waals surface area contributed by atoms with E-state index in [0.29, 0.717) is 6.04 Å². The molecule has 0 saturated heterocycles. The summed E-state index contributed by atoms with van der Waals surface area (Å²) in [7, 11) is 0. The highest BCUT2D eigenvalue weighted by atomic mass is 35.5. The summed E-state index contributed by atoms with van der Waals surface area (Å²) in [5.41, 5.74) is 2.44. The monoisotopic (exact) mass is 263 g/mol. The van der Waals surface area contributed by atoms with Gasteiger partial charge in [0.25, 0.3) is 0 Å². The first-order valence-corrected chi connectivity index (χ1v) is 6.58. The number of nitrogens with zero attached hydrogens (tertiary/aromatic N) is 2. The number of aryl methyl sites for hydroxylation is 1. The van der Waals surface area contributed by atoms with Gasteiger partial charge in [0.2, 0.25) is 0 Å². The van der Waals surface area contributed by atoms with Crippen LogP contribution in [0.5, 0.6) is 0 Å². The van der Waals surface area contributed by atoms with Crippen LogP contribution in [0.15, 0.2) is 36.5 Å². The van der Waals surface area contributed by atoms with Gasteiger partial charge >= 0.3 is 0 Å². The smallest absolute Gasteiger partial charge is 0.0522 e. The van der Waals surface area contributed by atoms with Gasteiger partial charge in [-0.05, 0) is 37.6 Å². The van der Waals surface area contributed by atoms with Crippen LogP contribution in [-0.2, 0) is 13.1 Å². The van der Waals surface area contributed by atoms with Gasteiger partial charge in [0, 0.05) is 30.4 Å². The van der Waals surface area contributed by atoms with E-state index >= 15 is 0 Å². The van der Waals surface area contributed by atoms with E-state index in [0.717, 1.165) is 18.1 Å². The minimum atomic E-state index is 0.294. The van der Waals surface area contributed by atoms with Gasteiger partial charge in [-0.3, -0.25) is 4.68 Å². The van der Waals surface area contributed by atoms with Crippen molar-refractivity contribution < 1.29 is 0 Å². The maximum absolute atomic E-state index is 5.88. The lowest BCUT2D eigenvalue weighted by atomic mass is 10.1. The molecule has 1 aromatic heterocycles. The quantitative estimate of drug-likeness (QED) is 0.896. The van der Waals surface area contributed by atoms with E-state index in [9.17, 15) is 0 Å². The summed E-state index contributed by atoms with van der Waals surface area (Å²) in [6.45, 7) is 5.96. The van der Waals surface area contributed by atoms with Gasteiger partial charge in [0.05, 0.1) is 5.69 Å². The third-order valence-corrected chi connectivity index (χ3v) is 3.32. The lowest BCUT2D eigenvalue weighted by Gasteiger charge is -2.14. The van der Waals surface area contributed by atoms with Crippen LogP contribution in [0.3, 0.4) is 0 Å². The summed E-state index contributed by atoms with van der Waals surface area (Å²) in [6.07, 6.45) is 1.84. The van der Waals surface area contributed by atoms with Crippen LogP contribution in [0, 0.1) is 0 Å². The molecule has 1 heterocycles. The predicted molar refractivity (Wildman–Crippen MR) is 74.6 cm³/mol. The molecule has 1 aromatic carbocycles. The lowest BCUT2D eigenvalue weighted by Crippen LogP contribution is -2.20. The molecule has 0 aliphatic rings. The molecule has 0 aliphatic heterocycles. The first kappa shape index (κ1) is 13.1. The number of hydrogen-bond acceptors (Lipinski definition) is 2. The Labute approximate surface area is 113 Å². The number of benzene rings is 1. The molecule has 4 heteroatoms. The van der Waals surface area contributed by atoms with Crippen LogP contribution in [0.2, 0.25) is 5.02 Å². The van der Waals surface area contributed by atoms with E-state index in [1.54, 1.807) is 0 Å². The first-order valence-electron chi connectivity index (χ1n) is 6.20.